The number of hydrogen-bond donors (Lipinski definition) is 1. The summed E-state index contributed by atoms with van der Waals surface area (Å²) in [6.07, 6.45) is -0.172. The smallest absolute Gasteiger partial charge is 0.307 e. The SMILES string of the molecule is O=C(O)Cc1ccc(I)c(F)c1Br. The molecule has 2 nitrogen and oxygen atoms in total. The Kier molecular flexibility index (Phi) is 3.66. The number of carboxylic acids is 1. The van der Waals surface area contributed by atoms with Crippen molar-refractivity contribution in [3.05, 3.63) is 31.6 Å². The molecule has 0 aliphatic carbocycles. The quantitative estimate of drug-likeness (QED) is 0.652. The van der Waals surface area contributed by atoms with Crippen molar-refractivity contribution in [3.8, 4) is 0 Å². The first-order chi connectivity index (χ1) is 6.02. The molecule has 0 unspecified atom stereocenters. The van der Waals surface area contributed by atoms with Crippen LogP contribution in [0.2, 0.25) is 0 Å². The third-order valence-corrected chi connectivity index (χ3v) is 3.15. The average molecular weight is 359 g/mol. The topological polar surface area (TPSA) is 37.3 Å². The molecule has 0 amide bonds. The highest BCUT2D eigenvalue weighted by Crippen LogP contribution is 2.25. The summed E-state index contributed by atoms with van der Waals surface area (Å²) >= 11 is 4.86. The molecule has 1 N–H and O–H groups in total. The number of rotatable bonds is 2. The van der Waals surface area contributed by atoms with Gasteiger partial charge in [0, 0.05) is 3.57 Å². The van der Waals surface area contributed by atoms with Gasteiger partial charge in [-0.25, -0.2) is 4.39 Å². The van der Waals surface area contributed by atoms with E-state index in [-0.39, 0.29) is 10.9 Å². The van der Waals surface area contributed by atoms with Crippen LogP contribution in [0, 0.1) is 9.39 Å². The Hall–Kier alpha value is -0.170. The fourth-order valence-corrected chi connectivity index (χ4v) is 2.17. The zero-order valence-electron chi connectivity index (χ0n) is 6.35. The third-order valence-electron chi connectivity index (χ3n) is 1.46. The lowest BCUT2D eigenvalue weighted by molar-refractivity contribution is -0.136. The second-order valence-corrected chi connectivity index (χ2v) is 4.36. The molecule has 1 aromatic carbocycles. The summed E-state index contributed by atoms with van der Waals surface area (Å²) in [5.74, 6) is -1.37. The van der Waals surface area contributed by atoms with E-state index in [9.17, 15) is 9.18 Å². The molecule has 0 radical (unpaired) electrons. The van der Waals surface area contributed by atoms with E-state index in [2.05, 4.69) is 15.9 Å². The van der Waals surface area contributed by atoms with Gasteiger partial charge in [0.25, 0.3) is 0 Å². The fraction of sp³-hybridized carbons (Fsp3) is 0.125. The minimum absolute atomic E-state index is 0.172. The minimum Gasteiger partial charge on any atom is -0.481 e. The van der Waals surface area contributed by atoms with E-state index >= 15 is 0 Å². The van der Waals surface area contributed by atoms with Crippen molar-refractivity contribution < 1.29 is 14.3 Å². The predicted octanol–water partition coefficient (Wildman–Crippen LogP) is 2.82. The molecule has 1 rings (SSSR count). The van der Waals surface area contributed by atoms with E-state index in [4.69, 9.17) is 5.11 Å². The standard InChI is InChI=1S/C8H5BrFIO2/c9-7-4(3-6(12)13)1-2-5(11)8(7)10/h1-2H,3H2,(H,12,13). The zero-order valence-corrected chi connectivity index (χ0v) is 10.1. The minimum atomic E-state index is -0.971. The molecule has 0 bridgehead atoms. The van der Waals surface area contributed by atoms with Gasteiger partial charge in [-0.2, -0.15) is 0 Å². The van der Waals surface area contributed by atoms with Crippen LogP contribution in [0.15, 0.2) is 16.6 Å². The highest BCUT2D eigenvalue weighted by Gasteiger charge is 2.11. The molecule has 0 fully saturated rings. The Labute approximate surface area is 96.4 Å². The maximum atomic E-state index is 13.2. The van der Waals surface area contributed by atoms with E-state index in [1.165, 1.54) is 0 Å². The highest BCUT2D eigenvalue weighted by atomic mass is 127. The van der Waals surface area contributed by atoms with Gasteiger partial charge in [0.15, 0.2) is 5.82 Å². The van der Waals surface area contributed by atoms with E-state index in [1.54, 1.807) is 12.1 Å². The molecule has 0 spiro atoms. The average Bonchev–Trinajstić information content (AvgIpc) is 2.06. The van der Waals surface area contributed by atoms with Crippen LogP contribution < -0.4 is 0 Å². The van der Waals surface area contributed by atoms with Gasteiger partial charge < -0.3 is 5.11 Å². The van der Waals surface area contributed by atoms with Gasteiger partial charge in [0.2, 0.25) is 0 Å². The Bertz CT molecular complexity index is 354. The Balaban J connectivity index is 3.10. The lowest BCUT2D eigenvalue weighted by atomic mass is 10.1. The molecule has 0 heterocycles. The highest BCUT2D eigenvalue weighted by molar-refractivity contribution is 14.1. The molecule has 1 aromatic rings. The molecule has 70 valence electrons. The molecule has 0 saturated heterocycles. The van der Waals surface area contributed by atoms with E-state index in [1.807, 2.05) is 22.6 Å². The predicted molar refractivity (Wildman–Crippen MR) is 58.2 cm³/mol. The van der Waals surface area contributed by atoms with Crippen LogP contribution in [0.1, 0.15) is 5.56 Å². The summed E-state index contributed by atoms with van der Waals surface area (Å²) in [6, 6.07) is 3.15. The summed E-state index contributed by atoms with van der Waals surface area (Å²) in [5, 5.41) is 8.51. The first kappa shape index (κ1) is 10.9. The van der Waals surface area contributed by atoms with Crippen LogP contribution in [-0.2, 0) is 11.2 Å². The molecule has 13 heavy (non-hydrogen) atoms. The van der Waals surface area contributed by atoms with Crippen molar-refractivity contribution in [1.29, 1.82) is 0 Å². The monoisotopic (exact) mass is 358 g/mol. The Morgan fingerprint density at radius 2 is 2.23 bits per heavy atom. The van der Waals surface area contributed by atoms with Crippen molar-refractivity contribution in [1.82, 2.24) is 0 Å². The maximum Gasteiger partial charge on any atom is 0.307 e. The molecule has 0 aliphatic rings. The van der Waals surface area contributed by atoms with Crippen LogP contribution in [0.25, 0.3) is 0 Å². The van der Waals surface area contributed by atoms with Crippen LogP contribution in [0.5, 0.6) is 0 Å². The first-order valence-corrected chi connectivity index (χ1v) is 5.23. The van der Waals surface area contributed by atoms with Gasteiger partial charge >= 0.3 is 5.97 Å². The zero-order chi connectivity index (χ0) is 10.0. The van der Waals surface area contributed by atoms with Crippen molar-refractivity contribution in [3.63, 3.8) is 0 Å². The van der Waals surface area contributed by atoms with Crippen molar-refractivity contribution in [2.75, 3.05) is 0 Å². The number of halogens is 3. The summed E-state index contributed by atoms with van der Waals surface area (Å²) < 4.78 is 13.9. The van der Waals surface area contributed by atoms with Crippen LogP contribution in [0.4, 0.5) is 4.39 Å². The van der Waals surface area contributed by atoms with E-state index in [0.29, 0.717) is 9.13 Å². The van der Waals surface area contributed by atoms with Gasteiger partial charge in [-0.1, -0.05) is 6.07 Å². The second-order valence-electron chi connectivity index (χ2n) is 2.40. The van der Waals surface area contributed by atoms with Gasteiger partial charge in [0.05, 0.1) is 10.9 Å². The summed E-state index contributed by atoms with van der Waals surface area (Å²) in [7, 11) is 0. The number of carboxylic acid groups (broad SMARTS) is 1. The lowest BCUT2D eigenvalue weighted by Gasteiger charge is -2.03. The number of benzene rings is 1. The van der Waals surface area contributed by atoms with Crippen molar-refractivity contribution in [2.45, 2.75) is 6.42 Å². The fourth-order valence-electron chi connectivity index (χ4n) is 0.865. The van der Waals surface area contributed by atoms with Crippen LogP contribution in [0.3, 0.4) is 0 Å². The molecule has 0 aliphatic heterocycles. The van der Waals surface area contributed by atoms with Crippen LogP contribution >= 0.6 is 38.5 Å². The van der Waals surface area contributed by atoms with Gasteiger partial charge in [-0.05, 0) is 50.2 Å². The Morgan fingerprint density at radius 3 is 2.77 bits per heavy atom. The maximum absolute atomic E-state index is 13.2. The molecule has 0 aromatic heterocycles. The van der Waals surface area contributed by atoms with Crippen molar-refractivity contribution in [2.24, 2.45) is 0 Å². The Morgan fingerprint density at radius 1 is 1.62 bits per heavy atom. The summed E-state index contributed by atoms with van der Waals surface area (Å²) in [5.41, 5.74) is 0.449. The van der Waals surface area contributed by atoms with Crippen LogP contribution in [-0.4, -0.2) is 11.1 Å². The second kappa shape index (κ2) is 4.36. The largest absolute Gasteiger partial charge is 0.481 e. The molecule has 0 saturated carbocycles. The normalized spacial score (nSPS) is 10.1. The molecule has 5 heteroatoms. The van der Waals surface area contributed by atoms with Gasteiger partial charge in [-0.3, -0.25) is 4.79 Å². The molecular weight excluding hydrogens is 354 g/mol. The third kappa shape index (κ3) is 2.63. The lowest BCUT2D eigenvalue weighted by Crippen LogP contribution is -2.02. The van der Waals surface area contributed by atoms with Gasteiger partial charge in [0.1, 0.15) is 0 Å². The number of carbonyl (C=O) groups is 1. The van der Waals surface area contributed by atoms with E-state index in [0.717, 1.165) is 0 Å². The summed E-state index contributed by atoms with van der Waals surface area (Å²) in [4.78, 5) is 10.4. The molecule has 0 atom stereocenters. The molecular formula is C8H5BrFIO2. The van der Waals surface area contributed by atoms with Gasteiger partial charge in [-0.15, -0.1) is 0 Å². The number of aliphatic carboxylic acids is 1. The number of hydrogen-bond acceptors (Lipinski definition) is 1. The summed E-state index contributed by atoms with van der Waals surface area (Å²) in [6.45, 7) is 0. The van der Waals surface area contributed by atoms with E-state index < -0.39 is 11.8 Å². The first-order valence-electron chi connectivity index (χ1n) is 3.36. The van der Waals surface area contributed by atoms with Crippen molar-refractivity contribution >= 4 is 44.5 Å².